The SMILES string of the molecule is COc1ccc(CC2Sc3cc(C)ccc3N(CC(=O)NO)C2=O)cc1. The largest absolute Gasteiger partial charge is 0.497 e. The molecule has 2 aromatic rings. The summed E-state index contributed by atoms with van der Waals surface area (Å²) in [4.78, 5) is 27.0. The fourth-order valence-electron chi connectivity index (χ4n) is 2.88. The quantitative estimate of drug-likeness (QED) is 0.623. The van der Waals surface area contributed by atoms with Crippen LogP contribution in [0.15, 0.2) is 47.4 Å². The highest BCUT2D eigenvalue weighted by molar-refractivity contribution is 8.01. The molecule has 0 bridgehead atoms. The second-order valence-electron chi connectivity index (χ2n) is 6.09. The number of amides is 2. The predicted molar refractivity (Wildman–Crippen MR) is 99.8 cm³/mol. The Hall–Kier alpha value is -2.51. The van der Waals surface area contributed by atoms with Gasteiger partial charge in [-0.2, -0.15) is 0 Å². The van der Waals surface area contributed by atoms with E-state index in [-0.39, 0.29) is 17.7 Å². The monoisotopic (exact) mass is 372 g/mol. The van der Waals surface area contributed by atoms with Gasteiger partial charge in [-0.3, -0.25) is 14.8 Å². The summed E-state index contributed by atoms with van der Waals surface area (Å²) < 4.78 is 5.16. The van der Waals surface area contributed by atoms with Crippen molar-refractivity contribution in [2.24, 2.45) is 0 Å². The van der Waals surface area contributed by atoms with E-state index in [0.717, 1.165) is 21.8 Å². The molecule has 3 rings (SSSR count). The Kier molecular flexibility index (Phi) is 5.49. The minimum absolute atomic E-state index is 0.147. The molecule has 0 fully saturated rings. The number of carbonyl (C=O) groups is 2. The third kappa shape index (κ3) is 3.84. The summed E-state index contributed by atoms with van der Waals surface area (Å²) in [5.74, 6) is -0.00988. The fourth-order valence-corrected chi connectivity index (χ4v) is 4.24. The van der Waals surface area contributed by atoms with Crippen LogP contribution in [0.25, 0.3) is 0 Å². The van der Waals surface area contributed by atoms with E-state index >= 15 is 0 Å². The van der Waals surface area contributed by atoms with Gasteiger partial charge in [0.25, 0.3) is 5.91 Å². The molecular formula is C19H20N2O4S. The zero-order valence-corrected chi connectivity index (χ0v) is 15.4. The molecular weight excluding hydrogens is 352 g/mol. The average molecular weight is 372 g/mol. The normalized spacial score (nSPS) is 16.2. The van der Waals surface area contributed by atoms with Gasteiger partial charge in [-0.25, -0.2) is 5.48 Å². The van der Waals surface area contributed by atoms with Crippen LogP contribution in [0.2, 0.25) is 0 Å². The molecule has 136 valence electrons. The van der Waals surface area contributed by atoms with Crippen LogP contribution in [-0.2, 0) is 16.0 Å². The highest BCUT2D eigenvalue weighted by Gasteiger charge is 2.34. The molecule has 1 aliphatic rings. The van der Waals surface area contributed by atoms with Crippen LogP contribution in [0.4, 0.5) is 5.69 Å². The van der Waals surface area contributed by atoms with Crippen molar-refractivity contribution in [3.05, 3.63) is 53.6 Å². The van der Waals surface area contributed by atoms with Crippen molar-refractivity contribution in [3.63, 3.8) is 0 Å². The summed E-state index contributed by atoms with van der Waals surface area (Å²) in [6.07, 6.45) is 0.540. The van der Waals surface area contributed by atoms with Crippen molar-refractivity contribution >= 4 is 29.3 Å². The summed E-state index contributed by atoms with van der Waals surface area (Å²) in [5.41, 5.74) is 4.39. The van der Waals surface area contributed by atoms with Crippen LogP contribution in [0, 0.1) is 6.92 Å². The van der Waals surface area contributed by atoms with Crippen LogP contribution in [-0.4, -0.2) is 35.9 Å². The number of hydrogen-bond donors (Lipinski definition) is 2. The Morgan fingerprint density at radius 1 is 1.27 bits per heavy atom. The van der Waals surface area contributed by atoms with E-state index in [0.29, 0.717) is 12.1 Å². The lowest BCUT2D eigenvalue weighted by molar-refractivity contribution is -0.129. The molecule has 0 aromatic heterocycles. The van der Waals surface area contributed by atoms with Crippen LogP contribution in [0.3, 0.4) is 0 Å². The molecule has 0 aliphatic carbocycles. The molecule has 0 saturated heterocycles. The predicted octanol–water partition coefficient (Wildman–Crippen LogP) is 2.56. The molecule has 0 spiro atoms. The maximum absolute atomic E-state index is 13.0. The molecule has 7 heteroatoms. The highest BCUT2D eigenvalue weighted by atomic mass is 32.2. The number of nitrogens with one attached hydrogen (secondary N) is 1. The second kappa shape index (κ2) is 7.80. The van der Waals surface area contributed by atoms with Gasteiger partial charge in [0.2, 0.25) is 5.91 Å². The van der Waals surface area contributed by atoms with E-state index < -0.39 is 5.91 Å². The molecule has 26 heavy (non-hydrogen) atoms. The number of rotatable bonds is 5. The molecule has 2 aromatic carbocycles. The number of anilines is 1. The van der Waals surface area contributed by atoms with Gasteiger partial charge in [0.15, 0.2) is 0 Å². The minimum Gasteiger partial charge on any atom is -0.497 e. The van der Waals surface area contributed by atoms with Gasteiger partial charge in [-0.1, -0.05) is 18.2 Å². The third-order valence-electron chi connectivity index (χ3n) is 4.22. The summed E-state index contributed by atoms with van der Waals surface area (Å²) in [6, 6.07) is 13.3. The Morgan fingerprint density at radius 2 is 2.00 bits per heavy atom. The first-order valence-electron chi connectivity index (χ1n) is 8.16. The summed E-state index contributed by atoms with van der Waals surface area (Å²) in [5, 5.41) is 8.50. The molecule has 2 N–H and O–H groups in total. The van der Waals surface area contributed by atoms with Crippen molar-refractivity contribution in [3.8, 4) is 5.75 Å². The number of hydroxylamine groups is 1. The first kappa shape index (κ1) is 18.3. The molecule has 2 amide bonds. The van der Waals surface area contributed by atoms with Gasteiger partial charge in [-0.05, 0) is 48.7 Å². The first-order valence-corrected chi connectivity index (χ1v) is 9.04. The summed E-state index contributed by atoms with van der Waals surface area (Å²) in [7, 11) is 1.61. The number of ether oxygens (including phenoxy) is 1. The first-order chi connectivity index (χ1) is 12.5. The van der Waals surface area contributed by atoms with Crippen LogP contribution >= 0.6 is 11.8 Å². The standard InChI is InChI=1S/C19H20N2O4S/c1-12-3-8-15-16(9-12)26-17(19(23)21(15)11-18(22)20-24)10-13-4-6-14(25-2)7-5-13/h3-9,17,24H,10-11H2,1-2H3,(H,20,22). The van der Waals surface area contributed by atoms with E-state index in [9.17, 15) is 9.59 Å². The average Bonchev–Trinajstić information content (AvgIpc) is 2.65. The van der Waals surface area contributed by atoms with E-state index in [2.05, 4.69) is 0 Å². The number of aryl methyl sites for hydroxylation is 1. The Labute approximate surface area is 156 Å². The maximum Gasteiger partial charge on any atom is 0.263 e. The smallest absolute Gasteiger partial charge is 0.263 e. The number of fused-ring (bicyclic) bond motifs is 1. The second-order valence-corrected chi connectivity index (χ2v) is 7.33. The molecule has 1 unspecified atom stereocenters. The molecule has 1 aliphatic heterocycles. The molecule has 1 atom stereocenters. The minimum atomic E-state index is -0.625. The van der Waals surface area contributed by atoms with Gasteiger partial charge in [-0.15, -0.1) is 11.8 Å². The van der Waals surface area contributed by atoms with Crippen LogP contribution in [0.5, 0.6) is 5.75 Å². The lowest BCUT2D eigenvalue weighted by Gasteiger charge is -2.33. The van der Waals surface area contributed by atoms with Gasteiger partial charge < -0.3 is 9.64 Å². The maximum atomic E-state index is 13.0. The van der Waals surface area contributed by atoms with E-state index in [1.54, 1.807) is 12.6 Å². The van der Waals surface area contributed by atoms with E-state index in [1.165, 1.54) is 16.7 Å². The zero-order chi connectivity index (χ0) is 18.7. The number of nitrogens with zero attached hydrogens (tertiary/aromatic N) is 1. The zero-order valence-electron chi connectivity index (χ0n) is 14.6. The Morgan fingerprint density at radius 3 is 2.65 bits per heavy atom. The van der Waals surface area contributed by atoms with E-state index in [4.69, 9.17) is 9.94 Å². The van der Waals surface area contributed by atoms with Crippen molar-refractivity contribution in [1.29, 1.82) is 0 Å². The van der Waals surface area contributed by atoms with Gasteiger partial charge in [0.1, 0.15) is 12.3 Å². The van der Waals surface area contributed by atoms with Gasteiger partial charge in [0.05, 0.1) is 18.0 Å². The lowest BCUT2D eigenvalue weighted by Crippen LogP contribution is -2.46. The lowest BCUT2D eigenvalue weighted by atomic mass is 10.1. The summed E-state index contributed by atoms with van der Waals surface area (Å²) >= 11 is 1.51. The van der Waals surface area contributed by atoms with Crippen LogP contribution < -0.4 is 15.1 Å². The number of benzene rings is 2. The van der Waals surface area contributed by atoms with E-state index in [1.807, 2.05) is 49.4 Å². The van der Waals surface area contributed by atoms with Gasteiger partial charge in [0, 0.05) is 4.90 Å². The summed E-state index contributed by atoms with van der Waals surface area (Å²) in [6.45, 7) is 1.77. The van der Waals surface area contributed by atoms with Crippen LogP contribution in [0.1, 0.15) is 11.1 Å². The van der Waals surface area contributed by atoms with Gasteiger partial charge >= 0.3 is 0 Å². The molecule has 6 nitrogen and oxygen atoms in total. The number of methoxy groups -OCH3 is 1. The Balaban J connectivity index is 1.89. The molecule has 0 saturated carbocycles. The number of carbonyl (C=O) groups excluding carboxylic acids is 2. The van der Waals surface area contributed by atoms with Crippen molar-refractivity contribution < 1.29 is 19.5 Å². The highest BCUT2D eigenvalue weighted by Crippen LogP contribution is 2.40. The molecule has 0 radical (unpaired) electrons. The Bertz CT molecular complexity index is 823. The fraction of sp³-hybridized carbons (Fsp3) is 0.263. The number of hydrogen-bond acceptors (Lipinski definition) is 5. The number of thioether (sulfide) groups is 1. The van der Waals surface area contributed by atoms with Crippen molar-refractivity contribution in [2.75, 3.05) is 18.6 Å². The van der Waals surface area contributed by atoms with Crippen molar-refractivity contribution in [2.45, 2.75) is 23.5 Å². The van der Waals surface area contributed by atoms with Crippen molar-refractivity contribution in [1.82, 2.24) is 5.48 Å². The molecule has 1 heterocycles. The topological polar surface area (TPSA) is 78.9 Å². The third-order valence-corrected chi connectivity index (χ3v) is 5.46.